The Morgan fingerprint density at radius 1 is 1.00 bits per heavy atom. The summed E-state index contributed by atoms with van der Waals surface area (Å²) in [6.45, 7) is -0.643. The molecule has 3 amide bonds. The second kappa shape index (κ2) is 11.3. The van der Waals surface area contributed by atoms with E-state index >= 15 is 0 Å². The Hall–Kier alpha value is -3.88. The number of ether oxygens (including phenoxy) is 1. The van der Waals surface area contributed by atoms with Gasteiger partial charge in [0, 0.05) is 20.8 Å². The molecule has 1 aromatic heterocycles. The SMILES string of the molecule is O=C(COc1ccc(Br)cc1[C@@H]1c2sc(=O)[nH]c2S[C@H]2C(=O)N(c3ccccc3)C(=O)[C@@H]12)Nc1ccccc1C(F)(F)F. The molecule has 2 aliphatic heterocycles. The Morgan fingerprint density at radius 2 is 1.72 bits per heavy atom. The summed E-state index contributed by atoms with van der Waals surface area (Å²) < 4.78 is 46.7. The summed E-state index contributed by atoms with van der Waals surface area (Å²) in [5.74, 6) is -3.23. The quantitative estimate of drug-likeness (QED) is 0.240. The molecule has 0 aliphatic carbocycles. The minimum absolute atomic E-state index is 0.170. The van der Waals surface area contributed by atoms with Gasteiger partial charge in [-0.1, -0.05) is 69.4 Å². The predicted molar refractivity (Wildman–Crippen MR) is 159 cm³/mol. The number of thioether (sulfide) groups is 1. The van der Waals surface area contributed by atoms with Gasteiger partial charge in [-0.25, -0.2) is 4.90 Å². The van der Waals surface area contributed by atoms with Crippen LogP contribution in [-0.2, 0) is 20.6 Å². The molecule has 3 heterocycles. The molecule has 0 spiro atoms. The van der Waals surface area contributed by atoms with E-state index in [1.165, 1.54) is 12.1 Å². The second-order valence-corrected chi connectivity index (χ2v) is 12.7. The lowest BCUT2D eigenvalue weighted by molar-refractivity contribution is -0.137. The van der Waals surface area contributed by atoms with Crippen molar-refractivity contribution < 1.29 is 32.3 Å². The monoisotopic (exact) mass is 689 g/mol. The van der Waals surface area contributed by atoms with E-state index in [-0.39, 0.29) is 10.6 Å². The van der Waals surface area contributed by atoms with Crippen molar-refractivity contribution in [2.45, 2.75) is 22.4 Å². The summed E-state index contributed by atoms with van der Waals surface area (Å²) in [4.78, 5) is 56.8. The molecule has 1 saturated heterocycles. The summed E-state index contributed by atoms with van der Waals surface area (Å²) in [7, 11) is 0. The largest absolute Gasteiger partial charge is 0.483 e. The highest BCUT2D eigenvalue weighted by molar-refractivity contribution is 9.10. The van der Waals surface area contributed by atoms with Crippen LogP contribution < -0.4 is 19.8 Å². The Labute approximate surface area is 258 Å². The number of amides is 3. The fourth-order valence-electron chi connectivity index (χ4n) is 5.25. The van der Waals surface area contributed by atoms with Gasteiger partial charge >= 0.3 is 11.0 Å². The smallest absolute Gasteiger partial charge is 0.418 e. The van der Waals surface area contributed by atoms with E-state index in [0.717, 1.165) is 40.1 Å². The van der Waals surface area contributed by atoms with Gasteiger partial charge < -0.3 is 15.0 Å². The molecule has 6 rings (SSSR count). The highest BCUT2D eigenvalue weighted by Gasteiger charge is 2.56. The summed E-state index contributed by atoms with van der Waals surface area (Å²) in [5, 5.41) is 1.86. The van der Waals surface area contributed by atoms with Crippen LogP contribution in [0.1, 0.15) is 21.9 Å². The van der Waals surface area contributed by atoms with Crippen LogP contribution >= 0.6 is 39.0 Å². The standard InChI is InChI=1S/C29H19BrF3N3O5S2/c30-14-10-11-19(41-13-20(37)34-18-9-5-4-8-17(18)29(31,32)33)16(12-14)21-22-24(42-25-23(21)43-28(40)35-25)27(39)36(26(22)38)15-6-2-1-3-7-15/h1-12,21-22,24H,13H2,(H,34,37)(H,35,40)/t21-,22-,24+/m0/s1. The average molecular weight is 691 g/mol. The molecule has 43 heavy (non-hydrogen) atoms. The number of nitrogens with zero attached hydrogens (tertiary/aromatic N) is 1. The molecule has 2 N–H and O–H groups in total. The van der Waals surface area contributed by atoms with Crippen LogP contribution in [0, 0.1) is 5.92 Å². The van der Waals surface area contributed by atoms with E-state index in [1.54, 1.807) is 48.5 Å². The molecule has 3 aromatic carbocycles. The second-order valence-electron chi connectivity index (χ2n) is 9.66. The van der Waals surface area contributed by atoms with Crippen molar-refractivity contribution in [1.82, 2.24) is 4.98 Å². The number of H-pyrrole nitrogens is 1. The van der Waals surface area contributed by atoms with E-state index < -0.39 is 58.8 Å². The Bertz CT molecular complexity index is 1810. The molecule has 220 valence electrons. The van der Waals surface area contributed by atoms with Gasteiger partial charge in [-0.3, -0.25) is 19.2 Å². The lowest BCUT2D eigenvalue weighted by Gasteiger charge is -2.31. The maximum absolute atomic E-state index is 13.9. The molecular formula is C29H19BrF3N3O5S2. The van der Waals surface area contributed by atoms with Gasteiger partial charge in [-0.2, -0.15) is 13.2 Å². The molecule has 0 unspecified atom stereocenters. The zero-order valence-corrected chi connectivity index (χ0v) is 24.9. The van der Waals surface area contributed by atoms with Crippen LogP contribution in [0.5, 0.6) is 5.75 Å². The average Bonchev–Trinajstić information content (AvgIpc) is 3.46. The van der Waals surface area contributed by atoms with Gasteiger partial charge in [0.1, 0.15) is 11.0 Å². The number of anilines is 2. The fourth-order valence-corrected chi connectivity index (χ4v) is 8.13. The van der Waals surface area contributed by atoms with E-state index in [9.17, 15) is 32.3 Å². The highest BCUT2D eigenvalue weighted by Crippen LogP contribution is 2.54. The minimum atomic E-state index is -4.67. The summed E-state index contributed by atoms with van der Waals surface area (Å²) in [6.07, 6.45) is -4.67. The van der Waals surface area contributed by atoms with Gasteiger partial charge in [0.15, 0.2) is 6.61 Å². The van der Waals surface area contributed by atoms with Crippen LogP contribution in [0.25, 0.3) is 0 Å². The lowest BCUT2D eigenvalue weighted by atomic mass is 9.82. The number of rotatable bonds is 6. The normalized spacial score (nSPS) is 19.6. The summed E-state index contributed by atoms with van der Waals surface area (Å²) >= 11 is 5.47. The number of fused-ring (bicyclic) bond motifs is 2. The first-order valence-corrected chi connectivity index (χ1v) is 15.2. The number of halogens is 4. The number of nitrogens with one attached hydrogen (secondary N) is 2. The maximum atomic E-state index is 13.9. The van der Waals surface area contributed by atoms with Crippen molar-refractivity contribution in [3.63, 3.8) is 0 Å². The van der Waals surface area contributed by atoms with Crippen LogP contribution in [0.15, 0.2) is 87.1 Å². The van der Waals surface area contributed by atoms with Crippen LogP contribution in [0.3, 0.4) is 0 Å². The number of hydrogen-bond donors (Lipinski definition) is 2. The topological polar surface area (TPSA) is 109 Å². The molecular weight excluding hydrogens is 671 g/mol. The van der Waals surface area contributed by atoms with Gasteiger partial charge in [0.25, 0.3) is 5.91 Å². The number of aromatic nitrogens is 1. The van der Waals surface area contributed by atoms with E-state index in [4.69, 9.17) is 4.74 Å². The molecule has 8 nitrogen and oxygen atoms in total. The van der Waals surface area contributed by atoms with E-state index in [0.29, 0.717) is 25.6 Å². The first-order chi connectivity index (χ1) is 20.5. The number of benzene rings is 3. The number of hydrogen-bond acceptors (Lipinski definition) is 7. The van der Waals surface area contributed by atoms with Crippen molar-refractivity contribution in [3.8, 4) is 5.75 Å². The third-order valence-electron chi connectivity index (χ3n) is 7.01. The Kier molecular flexibility index (Phi) is 7.69. The Morgan fingerprint density at radius 3 is 2.47 bits per heavy atom. The van der Waals surface area contributed by atoms with Crippen molar-refractivity contribution in [3.05, 3.63) is 103 Å². The number of para-hydroxylation sites is 2. The number of aromatic amines is 1. The number of carbonyl (C=O) groups is 3. The van der Waals surface area contributed by atoms with Gasteiger partial charge in [-0.05, 0) is 42.5 Å². The van der Waals surface area contributed by atoms with Crippen LogP contribution in [0.2, 0.25) is 0 Å². The molecule has 1 fully saturated rings. The molecule has 2 aliphatic rings. The van der Waals surface area contributed by atoms with Gasteiger partial charge in [0.05, 0.1) is 27.9 Å². The molecule has 0 radical (unpaired) electrons. The lowest BCUT2D eigenvalue weighted by Crippen LogP contribution is -2.32. The molecule has 0 bridgehead atoms. The molecule has 3 atom stereocenters. The van der Waals surface area contributed by atoms with Crippen LogP contribution in [0.4, 0.5) is 24.5 Å². The predicted octanol–water partition coefficient (Wildman–Crippen LogP) is 6.03. The van der Waals surface area contributed by atoms with Gasteiger partial charge in [-0.15, -0.1) is 0 Å². The third-order valence-corrected chi connectivity index (χ3v) is 9.90. The first-order valence-electron chi connectivity index (χ1n) is 12.7. The maximum Gasteiger partial charge on any atom is 0.418 e. The summed E-state index contributed by atoms with van der Waals surface area (Å²) in [5.41, 5.74) is -0.560. The number of imide groups is 1. The number of carbonyl (C=O) groups excluding carboxylic acids is 3. The molecule has 14 heteroatoms. The fraction of sp³-hybridized carbons (Fsp3) is 0.172. The Balaban J connectivity index is 1.34. The van der Waals surface area contributed by atoms with E-state index in [2.05, 4.69) is 26.2 Å². The van der Waals surface area contributed by atoms with Crippen LogP contribution in [-0.4, -0.2) is 34.6 Å². The third kappa shape index (κ3) is 5.50. The summed E-state index contributed by atoms with van der Waals surface area (Å²) in [6, 6.07) is 18.0. The van der Waals surface area contributed by atoms with Crippen molar-refractivity contribution in [1.29, 1.82) is 0 Å². The van der Waals surface area contributed by atoms with E-state index in [1.807, 2.05) is 0 Å². The molecule has 4 aromatic rings. The number of alkyl halides is 3. The zero-order valence-electron chi connectivity index (χ0n) is 21.7. The van der Waals surface area contributed by atoms with Crippen molar-refractivity contribution in [2.24, 2.45) is 5.92 Å². The minimum Gasteiger partial charge on any atom is -0.483 e. The number of thiazole rings is 1. The zero-order chi connectivity index (χ0) is 30.5. The van der Waals surface area contributed by atoms with Crippen molar-refractivity contribution >= 4 is 68.1 Å². The highest BCUT2D eigenvalue weighted by atomic mass is 79.9. The molecule has 0 saturated carbocycles. The first kappa shape index (κ1) is 29.2. The van der Waals surface area contributed by atoms with Crippen molar-refractivity contribution in [2.75, 3.05) is 16.8 Å². The van der Waals surface area contributed by atoms with Gasteiger partial charge in [0.2, 0.25) is 11.8 Å².